The van der Waals surface area contributed by atoms with Crippen LogP contribution in [0.25, 0.3) is 21.8 Å². The van der Waals surface area contributed by atoms with Gasteiger partial charge in [0.2, 0.25) is 10.0 Å². The third kappa shape index (κ3) is 10.5. The number of carbonyl (C=O) groups excluding carboxylic acids is 1. The first-order chi connectivity index (χ1) is 27.1. The molecule has 294 valence electrons. The first-order valence-electron chi connectivity index (χ1n) is 19.1. The van der Waals surface area contributed by atoms with E-state index in [9.17, 15) is 13.2 Å². The molecule has 5 aromatic carbocycles. The molecule has 0 aliphatic heterocycles. The lowest BCUT2D eigenvalue weighted by molar-refractivity contribution is 0.0665. The Hall–Kier alpha value is -5.30. The Kier molecular flexibility index (Phi) is 13.4. The van der Waals surface area contributed by atoms with Crippen LogP contribution in [0, 0.1) is 0 Å². The van der Waals surface area contributed by atoms with Gasteiger partial charge >= 0.3 is 6.09 Å². The van der Waals surface area contributed by atoms with Gasteiger partial charge < -0.3 is 28.5 Å². The van der Waals surface area contributed by atoms with Gasteiger partial charge in [-0.15, -0.1) is 0 Å². The van der Waals surface area contributed by atoms with Gasteiger partial charge in [0, 0.05) is 22.4 Å². The van der Waals surface area contributed by atoms with Gasteiger partial charge in [-0.1, -0.05) is 106 Å². The highest BCUT2D eigenvalue weighted by Crippen LogP contribution is 2.36. The van der Waals surface area contributed by atoms with Gasteiger partial charge in [0.1, 0.15) is 31.3 Å². The van der Waals surface area contributed by atoms with Crippen LogP contribution >= 0.6 is 0 Å². The Balaban J connectivity index is 1.29. The molecule has 0 spiro atoms. The third-order valence-corrected chi connectivity index (χ3v) is 15.4. The van der Waals surface area contributed by atoms with Crippen LogP contribution in [0.15, 0.2) is 121 Å². The number of hydrogen-bond acceptors (Lipinski definition) is 7. The Bertz CT molecular complexity index is 2310. The highest BCUT2D eigenvalue weighted by Gasteiger charge is 2.35. The van der Waals surface area contributed by atoms with E-state index in [1.54, 1.807) is 17.0 Å². The molecule has 0 saturated carbocycles. The summed E-state index contributed by atoms with van der Waals surface area (Å²) < 4.78 is 53.3. The number of rotatable bonds is 19. The number of H-pyrrole nitrogens is 1. The largest absolute Gasteiger partial charge is 0.492 e. The number of fused-ring (bicyclic) bond motifs is 3. The smallest absolute Gasteiger partial charge is 0.410 e. The molecule has 0 unspecified atom stereocenters. The predicted molar refractivity (Wildman–Crippen MR) is 226 cm³/mol. The zero-order valence-electron chi connectivity index (χ0n) is 32.5. The van der Waals surface area contributed by atoms with Crippen molar-refractivity contribution in [3.05, 3.63) is 138 Å². The molecule has 1 amide bonds. The van der Waals surface area contributed by atoms with E-state index in [1.165, 1.54) is 0 Å². The molecule has 0 radical (unpaired) electrons. The summed E-state index contributed by atoms with van der Waals surface area (Å²) in [5.74, 6) is 1.05. The van der Waals surface area contributed by atoms with E-state index in [1.807, 2.05) is 103 Å². The SMILES string of the molecule is CC[Si](CC)(CC)O[C@@H](CN(CCOc1ccc2c(c1)[nH]c1ccccc12)C(=O)OCc1ccccc1)c1ccc(OCc2ccccc2)c(NS(C)(=O)=O)c1. The van der Waals surface area contributed by atoms with E-state index < -0.39 is 30.5 Å². The summed E-state index contributed by atoms with van der Waals surface area (Å²) in [6.07, 6.45) is 0.000949. The van der Waals surface area contributed by atoms with Crippen LogP contribution in [0.3, 0.4) is 0 Å². The fraction of sp³-hybridized carbons (Fsp3) is 0.295. The maximum atomic E-state index is 14.0. The molecular formula is C44H51N3O7SSi. The lowest BCUT2D eigenvalue weighted by atomic mass is 10.1. The predicted octanol–water partition coefficient (Wildman–Crippen LogP) is 10.1. The molecule has 0 saturated heterocycles. The fourth-order valence-corrected chi connectivity index (χ4v) is 10.2. The quantitative estimate of drug-likeness (QED) is 0.0784. The lowest BCUT2D eigenvalue weighted by Gasteiger charge is -2.36. The van der Waals surface area contributed by atoms with Crippen LogP contribution in [0.5, 0.6) is 11.5 Å². The van der Waals surface area contributed by atoms with Crippen LogP contribution in [-0.2, 0) is 32.4 Å². The lowest BCUT2D eigenvalue weighted by Crippen LogP contribution is -2.43. The summed E-state index contributed by atoms with van der Waals surface area (Å²) in [4.78, 5) is 19.1. The van der Waals surface area contributed by atoms with Crippen LogP contribution in [0.2, 0.25) is 18.1 Å². The Morgan fingerprint density at radius 2 is 1.39 bits per heavy atom. The number of benzene rings is 5. The molecule has 1 heterocycles. The summed E-state index contributed by atoms with van der Waals surface area (Å²) in [5.41, 5.74) is 4.83. The summed E-state index contributed by atoms with van der Waals surface area (Å²) in [5, 5.41) is 2.25. The fourth-order valence-electron chi connectivity index (χ4n) is 6.87. The van der Waals surface area contributed by atoms with Gasteiger partial charge in [0.05, 0.1) is 36.7 Å². The number of nitrogens with zero attached hydrogens (tertiary/aromatic N) is 1. The number of para-hydroxylation sites is 1. The van der Waals surface area contributed by atoms with Gasteiger partial charge in [0.15, 0.2) is 8.32 Å². The normalized spacial score (nSPS) is 12.4. The number of sulfonamides is 1. The highest BCUT2D eigenvalue weighted by atomic mass is 32.2. The number of aromatic nitrogens is 1. The van der Waals surface area contributed by atoms with Gasteiger partial charge in [-0.25, -0.2) is 13.2 Å². The number of amides is 1. The van der Waals surface area contributed by atoms with Crippen molar-refractivity contribution in [2.24, 2.45) is 0 Å². The summed E-state index contributed by atoms with van der Waals surface area (Å²) in [6, 6.07) is 41.4. The minimum absolute atomic E-state index is 0.104. The first-order valence-corrected chi connectivity index (χ1v) is 23.6. The van der Waals surface area contributed by atoms with E-state index in [4.69, 9.17) is 18.6 Å². The van der Waals surface area contributed by atoms with E-state index >= 15 is 0 Å². The maximum absolute atomic E-state index is 14.0. The molecule has 12 heteroatoms. The average Bonchev–Trinajstić information content (AvgIpc) is 3.58. The standard InChI is InChI=1S/C44H51N3O7SSi/c1-5-56(6-2,7-3)54-43(35-22-25-42(41(28-35)46-55(4,49)50)52-31-33-16-10-8-11-17-33)30-47(44(48)53-32-34-18-12-9-13-19-34)26-27-51-36-23-24-38-37-20-14-15-21-39(37)45-40(38)29-36/h8-25,28-29,43,45-46H,5-7,26-27,30-32H2,1-4H3/t43-/m0/s1. The number of nitrogens with one attached hydrogen (secondary N) is 2. The minimum atomic E-state index is -3.67. The highest BCUT2D eigenvalue weighted by molar-refractivity contribution is 7.92. The molecule has 1 atom stereocenters. The van der Waals surface area contributed by atoms with Crippen LogP contribution in [0.1, 0.15) is 43.6 Å². The monoisotopic (exact) mass is 793 g/mol. The topological polar surface area (TPSA) is 119 Å². The van der Waals surface area contributed by atoms with Crippen LogP contribution in [0.4, 0.5) is 10.5 Å². The Labute approximate surface area is 330 Å². The zero-order chi connectivity index (χ0) is 39.5. The molecule has 0 bridgehead atoms. The second-order valence-electron chi connectivity index (χ2n) is 14.0. The van der Waals surface area contributed by atoms with Crippen molar-refractivity contribution in [2.75, 3.05) is 30.7 Å². The van der Waals surface area contributed by atoms with Crippen molar-refractivity contribution in [3.63, 3.8) is 0 Å². The Morgan fingerprint density at radius 1 is 0.750 bits per heavy atom. The molecular weight excluding hydrogens is 743 g/mol. The van der Waals surface area contributed by atoms with Crippen LogP contribution in [-0.4, -0.2) is 58.7 Å². The number of ether oxygens (including phenoxy) is 3. The molecule has 56 heavy (non-hydrogen) atoms. The van der Waals surface area contributed by atoms with Crippen molar-refractivity contribution >= 4 is 51.9 Å². The third-order valence-electron chi connectivity index (χ3n) is 10.2. The molecule has 2 N–H and O–H groups in total. The maximum Gasteiger partial charge on any atom is 0.410 e. The number of anilines is 1. The molecule has 1 aromatic heterocycles. The zero-order valence-corrected chi connectivity index (χ0v) is 34.3. The van der Waals surface area contributed by atoms with Crippen molar-refractivity contribution in [3.8, 4) is 11.5 Å². The number of carbonyl (C=O) groups is 1. The van der Waals surface area contributed by atoms with E-state index in [0.29, 0.717) is 22.7 Å². The van der Waals surface area contributed by atoms with Crippen molar-refractivity contribution in [2.45, 2.75) is 58.2 Å². The Morgan fingerprint density at radius 3 is 2.07 bits per heavy atom. The van der Waals surface area contributed by atoms with Gasteiger partial charge in [-0.2, -0.15) is 0 Å². The molecule has 0 aliphatic rings. The summed E-state index contributed by atoms with van der Waals surface area (Å²) in [7, 11) is -5.95. The van der Waals surface area contributed by atoms with Crippen molar-refractivity contribution in [1.82, 2.24) is 9.88 Å². The van der Waals surface area contributed by atoms with Crippen molar-refractivity contribution in [1.29, 1.82) is 0 Å². The van der Waals surface area contributed by atoms with E-state index in [2.05, 4.69) is 36.5 Å². The summed E-state index contributed by atoms with van der Waals surface area (Å²) in [6.45, 7) is 7.37. The molecule has 6 rings (SSSR count). The molecule has 10 nitrogen and oxygen atoms in total. The van der Waals surface area contributed by atoms with Gasteiger partial charge in [-0.05, 0) is 65.2 Å². The van der Waals surface area contributed by atoms with Crippen molar-refractivity contribution < 1.29 is 31.8 Å². The van der Waals surface area contributed by atoms with Crippen LogP contribution < -0.4 is 14.2 Å². The molecule has 6 aromatic rings. The summed E-state index contributed by atoms with van der Waals surface area (Å²) >= 11 is 0. The van der Waals surface area contributed by atoms with Gasteiger partial charge in [-0.3, -0.25) is 4.72 Å². The second kappa shape index (κ2) is 18.6. The van der Waals surface area contributed by atoms with E-state index in [0.717, 1.165) is 57.3 Å². The number of hydrogen-bond donors (Lipinski definition) is 2. The second-order valence-corrected chi connectivity index (χ2v) is 20.4. The minimum Gasteiger partial charge on any atom is -0.492 e. The molecule has 0 fully saturated rings. The van der Waals surface area contributed by atoms with Gasteiger partial charge in [0.25, 0.3) is 0 Å². The van der Waals surface area contributed by atoms with E-state index in [-0.39, 0.29) is 32.9 Å². The first kappa shape index (κ1) is 40.4. The average molecular weight is 794 g/mol. The number of aromatic amines is 1. The molecule has 0 aliphatic carbocycles.